The molecule has 6 heteroatoms. The molecular formula is C19H28N2O4. The predicted molar refractivity (Wildman–Crippen MR) is 95.4 cm³/mol. The van der Waals surface area contributed by atoms with E-state index in [9.17, 15) is 4.79 Å². The van der Waals surface area contributed by atoms with Gasteiger partial charge in [0.25, 0.3) is 5.91 Å². The molecular weight excluding hydrogens is 320 g/mol. The van der Waals surface area contributed by atoms with E-state index in [2.05, 4.69) is 24.1 Å². The van der Waals surface area contributed by atoms with Crippen LogP contribution in [0.25, 0.3) is 0 Å². The summed E-state index contributed by atoms with van der Waals surface area (Å²) in [6.07, 6.45) is 1.22. The molecule has 1 aromatic carbocycles. The summed E-state index contributed by atoms with van der Waals surface area (Å²) in [7, 11) is 3.15. The number of morpholine rings is 1. The van der Waals surface area contributed by atoms with Gasteiger partial charge in [0.1, 0.15) is 0 Å². The minimum absolute atomic E-state index is 0.0767. The molecule has 2 saturated heterocycles. The normalized spacial score (nSPS) is 26.4. The summed E-state index contributed by atoms with van der Waals surface area (Å²) in [6.45, 7) is 6.97. The summed E-state index contributed by atoms with van der Waals surface area (Å²) in [4.78, 5) is 15.0. The molecule has 138 valence electrons. The molecule has 0 bridgehead atoms. The first-order chi connectivity index (χ1) is 12.0. The van der Waals surface area contributed by atoms with Crippen molar-refractivity contribution >= 4 is 5.91 Å². The van der Waals surface area contributed by atoms with Crippen molar-refractivity contribution in [3.8, 4) is 11.5 Å². The minimum Gasteiger partial charge on any atom is -0.493 e. The molecule has 3 atom stereocenters. The Morgan fingerprint density at radius 1 is 1.24 bits per heavy atom. The minimum atomic E-state index is -0.0767. The fourth-order valence-corrected chi connectivity index (χ4v) is 3.65. The standard InChI is InChI=1S/C19H28N2O4/c1-12(2)18-10-21-9-14(8-15(21)11-25-18)20-19(22)13-5-6-16(23-3)17(7-13)24-4/h5-7,12,14-15,18H,8-11H2,1-4H3,(H,20,22)/t14-,15+,18-/m1/s1. The van der Waals surface area contributed by atoms with Crippen LogP contribution in [0.2, 0.25) is 0 Å². The molecule has 0 spiro atoms. The van der Waals surface area contributed by atoms with Gasteiger partial charge >= 0.3 is 0 Å². The largest absolute Gasteiger partial charge is 0.493 e. The zero-order chi connectivity index (χ0) is 18.0. The third-order valence-corrected chi connectivity index (χ3v) is 5.17. The smallest absolute Gasteiger partial charge is 0.251 e. The van der Waals surface area contributed by atoms with Crippen molar-refractivity contribution in [2.24, 2.45) is 5.92 Å². The number of methoxy groups -OCH3 is 2. The van der Waals surface area contributed by atoms with E-state index in [1.54, 1.807) is 32.4 Å². The molecule has 0 unspecified atom stereocenters. The maximum Gasteiger partial charge on any atom is 0.251 e. The Bertz CT molecular complexity index is 619. The summed E-state index contributed by atoms with van der Waals surface area (Å²) in [5, 5.41) is 3.15. The molecule has 1 aromatic rings. The van der Waals surface area contributed by atoms with Crippen LogP contribution in [0.4, 0.5) is 0 Å². The molecule has 0 aromatic heterocycles. The predicted octanol–water partition coefficient (Wildman–Crippen LogP) is 1.93. The number of carbonyl (C=O) groups is 1. The quantitative estimate of drug-likeness (QED) is 0.881. The van der Waals surface area contributed by atoms with E-state index in [0.717, 1.165) is 26.1 Å². The van der Waals surface area contributed by atoms with E-state index in [0.29, 0.717) is 29.0 Å². The molecule has 2 aliphatic rings. The molecule has 0 radical (unpaired) electrons. The van der Waals surface area contributed by atoms with Gasteiger partial charge in [-0.3, -0.25) is 9.69 Å². The van der Waals surface area contributed by atoms with Gasteiger partial charge in [0.15, 0.2) is 11.5 Å². The number of nitrogens with zero attached hydrogens (tertiary/aromatic N) is 1. The van der Waals surface area contributed by atoms with E-state index in [1.165, 1.54) is 0 Å². The second-order valence-electron chi connectivity index (χ2n) is 7.20. The van der Waals surface area contributed by atoms with Gasteiger partial charge in [-0.05, 0) is 30.5 Å². The Morgan fingerprint density at radius 3 is 2.68 bits per heavy atom. The van der Waals surface area contributed by atoms with Gasteiger partial charge in [-0.15, -0.1) is 0 Å². The van der Waals surface area contributed by atoms with Crippen LogP contribution in [0.15, 0.2) is 18.2 Å². The van der Waals surface area contributed by atoms with E-state index >= 15 is 0 Å². The zero-order valence-electron chi connectivity index (χ0n) is 15.5. The Labute approximate surface area is 149 Å². The highest BCUT2D eigenvalue weighted by atomic mass is 16.5. The van der Waals surface area contributed by atoms with Gasteiger partial charge in [0, 0.05) is 30.7 Å². The Hall–Kier alpha value is -1.79. The lowest BCUT2D eigenvalue weighted by Gasteiger charge is -2.36. The lowest BCUT2D eigenvalue weighted by molar-refractivity contribution is -0.0683. The van der Waals surface area contributed by atoms with Crippen LogP contribution in [-0.4, -0.2) is 62.9 Å². The molecule has 0 aliphatic carbocycles. The van der Waals surface area contributed by atoms with Crippen molar-refractivity contribution in [3.63, 3.8) is 0 Å². The van der Waals surface area contributed by atoms with Crippen LogP contribution in [0.5, 0.6) is 11.5 Å². The number of carbonyl (C=O) groups excluding carboxylic acids is 1. The highest BCUT2D eigenvalue weighted by Crippen LogP contribution is 2.28. The molecule has 0 saturated carbocycles. The first-order valence-corrected chi connectivity index (χ1v) is 8.90. The summed E-state index contributed by atoms with van der Waals surface area (Å²) in [5.41, 5.74) is 0.582. The van der Waals surface area contributed by atoms with Crippen LogP contribution in [-0.2, 0) is 4.74 Å². The fraction of sp³-hybridized carbons (Fsp3) is 0.632. The lowest BCUT2D eigenvalue weighted by atomic mass is 10.0. The van der Waals surface area contributed by atoms with Gasteiger partial charge in [-0.1, -0.05) is 13.8 Å². The Morgan fingerprint density at radius 2 is 2.00 bits per heavy atom. The number of amides is 1. The molecule has 2 aliphatic heterocycles. The molecule has 2 fully saturated rings. The zero-order valence-corrected chi connectivity index (χ0v) is 15.5. The molecule has 2 heterocycles. The monoisotopic (exact) mass is 348 g/mol. The second kappa shape index (κ2) is 7.62. The van der Waals surface area contributed by atoms with Crippen LogP contribution in [0.3, 0.4) is 0 Å². The average Bonchev–Trinajstić information content (AvgIpc) is 3.02. The first-order valence-electron chi connectivity index (χ1n) is 8.90. The van der Waals surface area contributed by atoms with Gasteiger partial charge in [-0.25, -0.2) is 0 Å². The van der Waals surface area contributed by atoms with Crippen molar-refractivity contribution in [2.45, 2.75) is 38.5 Å². The lowest BCUT2D eigenvalue weighted by Crippen LogP contribution is -2.48. The number of rotatable bonds is 5. The number of nitrogens with one attached hydrogen (secondary N) is 1. The van der Waals surface area contributed by atoms with Gasteiger partial charge in [0.05, 0.1) is 26.9 Å². The summed E-state index contributed by atoms with van der Waals surface area (Å²) in [5.74, 6) is 1.62. The first kappa shape index (κ1) is 18.0. The van der Waals surface area contributed by atoms with Gasteiger partial charge < -0.3 is 19.5 Å². The summed E-state index contributed by atoms with van der Waals surface area (Å²) >= 11 is 0. The second-order valence-corrected chi connectivity index (χ2v) is 7.20. The van der Waals surface area contributed by atoms with Crippen LogP contribution >= 0.6 is 0 Å². The number of fused-ring (bicyclic) bond motifs is 1. The van der Waals surface area contributed by atoms with Crippen molar-refractivity contribution in [3.05, 3.63) is 23.8 Å². The fourth-order valence-electron chi connectivity index (χ4n) is 3.65. The van der Waals surface area contributed by atoms with Crippen LogP contribution < -0.4 is 14.8 Å². The average molecular weight is 348 g/mol. The van der Waals surface area contributed by atoms with Crippen molar-refractivity contribution in [2.75, 3.05) is 33.9 Å². The Balaban J connectivity index is 1.61. The molecule has 1 N–H and O–H groups in total. The van der Waals surface area contributed by atoms with Crippen LogP contribution in [0, 0.1) is 5.92 Å². The maximum atomic E-state index is 12.6. The number of hydrogen-bond acceptors (Lipinski definition) is 5. The number of hydrogen-bond donors (Lipinski definition) is 1. The number of benzene rings is 1. The summed E-state index contributed by atoms with van der Waals surface area (Å²) in [6, 6.07) is 5.80. The Kier molecular flexibility index (Phi) is 5.49. The number of ether oxygens (including phenoxy) is 3. The molecule has 3 rings (SSSR count). The van der Waals surface area contributed by atoms with E-state index in [-0.39, 0.29) is 18.1 Å². The molecule has 1 amide bonds. The third kappa shape index (κ3) is 3.90. The molecule has 6 nitrogen and oxygen atoms in total. The topological polar surface area (TPSA) is 60.0 Å². The summed E-state index contributed by atoms with van der Waals surface area (Å²) < 4.78 is 16.5. The maximum absolute atomic E-state index is 12.6. The SMILES string of the molecule is COc1ccc(C(=O)N[C@@H]2C[C@H]3CO[C@@H](C(C)C)CN3C2)cc1OC. The van der Waals surface area contributed by atoms with E-state index < -0.39 is 0 Å². The van der Waals surface area contributed by atoms with Crippen molar-refractivity contribution < 1.29 is 19.0 Å². The van der Waals surface area contributed by atoms with Crippen molar-refractivity contribution in [1.82, 2.24) is 10.2 Å². The van der Waals surface area contributed by atoms with Crippen LogP contribution in [0.1, 0.15) is 30.6 Å². The van der Waals surface area contributed by atoms with E-state index in [1.807, 2.05) is 0 Å². The third-order valence-electron chi connectivity index (χ3n) is 5.17. The van der Waals surface area contributed by atoms with Gasteiger partial charge in [-0.2, -0.15) is 0 Å². The highest BCUT2D eigenvalue weighted by molar-refractivity contribution is 5.95. The van der Waals surface area contributed by atoms with Gasteiger partial charge in [0.2, 0.25) is 0 Å². The van der Waals surface area contributed by atoms with E-state index in [4.69, 9.17) is 14.2 Å². The molecule has 25 heavy (non-hydrogen) atoms. The highest BCUT2D eigenvalue weighted by Gasteiger charge is 2.38. The van der Waals surface area contributed by atoms with Crippen molar-refractivity contribution in [1.29, 1.82) is 0 Å².